The van der Waals surface area contributed by atoms with Gasteiger partial charge in [-0.15, -0.1) is 0 Å². The van der Waals surface area contributed by atoms with Crippen molar-refractivity contribution >= 4 is 52.3 Å². The molecule has 0 aromatic heterocycles. The minimum Gasteiger partial charge on any atom is -0.379 e. The number of nitrogens with one attached hydrogen (secondary N) is 8. The summed E-state index contributed by atoms with van der Waals surface area (Å²) in [6, 6.07) is -0.213. The first-order valence-corrected chi connectivity index (χ1v) is 49.1. The van der Waals surface area contributed by atoms with Crippen molar-refractivity contribution in [1.82, 2.24) is 42.5 Å². The maximum absolute atomic E-state index is 12.7. The molecule has 0 aromatic carbocycles. The fraction of sp³-hybridized carbons (Fsp3) is 0.911. The molecule has 4 fully saturated rings. The van der Waals surface area contributed by atoms with Gasteiger partial charge in [0, 0.05) is 103 Å². The van der Waals surface area contributed by atoms with Gasteiger partial charge in [0.15, 0.2) is 34.7 Å². The van der Waals surface area contributed by atoms with Crippen LogP contribution in [0.15, 0.2) is 0 Å². The quantitative estimate of drug-likeness (QED) is 0.0256. The van der Waals surface area contributed by atoms with E-state index in [9.17, 15) is 43.2 Å². The predicted octanol–water partition coefficient (Wildman–Crippen LogP) is 17.1. The molecule has 22 nitrogen and oxygen atoms in total. The Hall–Kier alpha value is -3.81. The second-order valence-corrected chi connectivity index (χ2v) is 42.1. The number of amides is 2. The van der Waals surface area contributed by atoms with Gasteiger partial charge in [-0.2, -0.15) is 0 Å². The van der Waals surface area contributed by atoms with E-state index in [2.05, 4.69) is 188 Å². The summed E-state index contributed by atoms with van der Waals surface area (Å²) < 4.78 is 26.5. The third-order valence-electron chi connectivity index (χ3n) is 25.3. The number of fused-ring (bicyclic) bond motifs is 5. The van der Waals surface area contributed by atoms with Gasteiger partial charge in [0.05, 0.1) is 79.0 Å². The van der Waals surface area contributed by atoms with Crippen molar-refractivity contribution in [2.45, 2.75) is 474 Å². The lowest BCUT2D eigenvalue weighted by atomic mass is 9.43. The van der Waals surface area contributed by atoms with Crippen LogP contribution in [0.1, 0.15) is 364 Å². The fourth-order valence-electron chi connectivity index (χ4n) is 18.9. The highest BCUT2D eigenvalue weighted by atomic mass is 16.5. The number of hydrogen-bond donors (Lipinski definition) is 9. The number of carbonyl (C=O) groups excluding carboxylic acids is 9. The first-order valence-electron chi connectivity index (χ1n) is 49.1. The van der Waals surface area contributed by atoms with Gasteiger partial charge in [0.2, 0.25) is 11.8 Å². The predicted molar refractivity (Wildman–Crippen MR) is 509 cm³/mol. The zero-order valence-corrected chi connectivity index (χ0v) is 85.5. The van der Waals surface area contributed by atoms with Gasteiger partial charge in [-0.3, -0.25) is 43.2 Å². The SMILES string of the molecule is CC(C)C(=O)CCC(NC(=O)CCC(NC(=O)CCC(N)C(=O)C(C)C)C(=O)C(C)C)C(=O)C(C)C.CC(C)NCCCC(NC(C)C)C(=O)C(C)C.CC(C)NCCC[C@H](NC(C)C)C(=O)C(C)C.CC(C)OC[C@@H](C)C1CCC2C3C(OC(C)C)CC4CC(OC(C)C)CCC4(C)C3CC(OC(C)C)C21C.CNCCC[C@H](NC(C)C)C(=O)C(C)C. The zero-order chi connectivity index (χ0) is 94.8. The Morgan fingerprint density at radius 1 is 0.390 bits per heavy atom. The fourth-order valence-corrected chi connectivity index (χ4v) is 18.9. The molecule has 2 amide bonds. The van der Waals surface area contributed by atoms with Gasteiger partial charge < -0.3 is 67.2 Å². The van der Waals surface area contributed by atoms with E-state index >= 15 is 0 Å². The van der Waals surface area contributed by atoms with Crippen LogP contribution >= 0.6 is 0 Å². The minimum atomic E-state index is -0.873. The van der Waals surface area contributed by atoms with Crippen molar-refractivity contribution in [3.63, 3.8) is 0 Å². The first-order chi connectivity index (χ1) is 57.0. The van der Waals surface area contributed by atoms with E-state index in [1.807, 2.05) is 48.6 Å². The zero-order valence-electron chi connectivity index (χ0n) is 85.5. The van der Waals surface area contributed by atoms with E-state index in [0.29, 0.717) is 113 Å². The highest BCUT2D eigenvalue weighted by Crippen LogP contribution is 2.69. The van der Waals surface area contributed by atoms with Crippen LogP contribution in [0.4, 0.5) is 0 Å². The Kier molecular flexibility index (Phi) is 59.1. The summed E-state index contributed by atoms with van der Waals surface area (Å²) in [7, 11) is 1.94. The molecule has 123 heavy (non-hydrogen) atoms. The lowest BCUT2D eigenvalue weighted by molar-refractivity contribution is -0.238. The lowest BCUT2D eigenvalue weighted by Crippen LogP contribution is -2.63. The van der Waals surface area contributed by atoms with Crippen molar-refractivity contribution < 1.29 is 62.1 Å². The molecule has 17 atom stereocenters. The van der Waals surface area contributed by atoms with E-state index in [1.165, 1.54) is 44.9 Å². The molecule has 0 bridgehead atoms. The molecule has 4 aliphatic carbocycles. The van der Waals surface area contributed by atoms with Crippen molar-refractivity contribution in [3.8, 4) is 0 Å². The molecule has 10 N–H and O–H groups in total. The molecule has 0 heterocycles. The Morgan fingerprint density at radius 3 is 1.15 bits per heavy atom. The summed E-state index contributed by atoms with van der Waals surface area (Å²) in [5.41, 5.74) is 6.38. The van der Waals surface area contributed by atoms with Crippen molar-refractivity contribution in [2.24, 2.45) is 93.5 Å². The Balaban J connectivity index is 0.00000161. The maximum atomic E-state index is 12.7. The van der Waals surface area contributed by atoms with Gasteiger partial charge in [0.25, 0.3) is 0 Å². The third kappa shape index (κ3) is 45.1. The average molecular weight is 1740 g/mol. The van der Waals surface area contributed by atoms with E-state index in [4.69, 9.17) is 24.7 Å². The van der Waals surface area contributed by atoms with E-state index in [1.54, 1.807) is 55.4 Å². The number of ether oxygens (including phenoxy) is 4. The first kappa shape index (κ1) is 119. The van der Waals surface area contributed by atoms with E-state index in [0.717, 1.165) is 64.8 Å². The van der Waals surface area contributed by atoms with Crippen LogP contribution in [0.2, 0.25) is 0 Å². The molecule has 0 saturated heterocycles. The maximum Gasteiger partial charge on any atom is 0.220 e. The van der Waals surface area contributed by atoms with E-state index in [-0.39, 0.29) is 145 Å². The summed E-state index contributed by atoms with van der Waals surface area (Å²) in [6.45, 7) is 76.0. The van der Waals surface area contributed by atoms with Gasteiger partial charge in [-0.05, 0) is 226 Å². The number of ketones is 7. The Morgan fingerprint density at radius 2 is 0.780 bits per heavy atom. The van der Waals surface area contributed by atoms with Crippen LogP contribution in [0.25, 0.3) is 0 Å². The molecule has 4 rings (SSSR count). The molecule has 0 radical (unpaired) electrons. The summed E-state index contributed by atoms with van der Waals surface area (Å²) in [6.07, 6.45) is 17.3. The van der Waals surface area contributed by atoms with Gasteiger partial charge in [0.1, 0.15) is 5.78 Å². The molecular weight excluding hydrogens is 1550 g/mol. The van der Waals surface area contributed by atoms with E-state index < -0.39 is 29.9 Å². The smallest absolute Gasteiger partial charge is 0.220 e. The highest BCUT2D eigenvalue weighted by molar-refractivity contribution is 5.93. The Bertz CT molecular complexity index is 2940. The number of Topliss-reactive ketones (excluding diaryl/α,β-unsaturated/α-hetero) is 7. The third-order valence-corrected chi connectivity index (χ3v) is 25.3. The largest absolute Gasteiger partial charge is 0.379 e. The Labute approximate surface area is 753 Å². The van der Waals surface area contributed by atoms with Gasteiger partial charge in [-0.25, -0.2) is 0 Å². The molecule has 0 aromatic rings. The molecule has 4 aliphatic rings. The normalized spacial score (nSPS) is 23.1. The minimum absolute atomic E-state index is 0.0114. The van der Waals surface area contributed by atoms with Crippen molar-refractivity contribution in [3.05, 3.63) is 0 Å². The summed E-state index contributed by atoms with van der Waals surface area (Å²) >= 11 is 0. The monoisotopic (exact) mass is 1740 g/mol. The highest BCUT2D eigenvalue weighted by Gasteiger charge is 2.67. The molecule has 14 unspecified atom stereocenters. The van der Waals surface area contributed by atoms with Crippen LogP contribution in [0.3, 0.4) is 0 Å². The van der Waals surface area contributed by atoms with Crippen LogP contribution in [-0.2, 0) is 62.1 Å². The summed E-state index contributed by atoms with van der Waals surface area (Å²) in [5.74, 6) is 2.77. The summed E-state index contributed by atoms with van der Waals surface area (Å²) in [5, 5.41) is 25.3. The molecular formula is C101H195N9O13. The van der Waals surface area contributed by atoms with Crippen LogP contribution in [0, 0.1) is 87.8 Å². The van der Waals surface area contributed by atoms with Crippen LogP contribution < -0.4 is 48.3 Å². The van der Waals surface area contributed by atoms with Gasteiger partial charge >= 0.3 is 0 Å². The molecule has 0 spiro atoms. The van der Waals surface area contributed by atoms with Crippen LogP contribution in [0.5, 0.6) is 0 Å². The molecule has 722 valence electrons. The van der Waals surface area contributed by atoms with Crippen molar-refractivity contribution in [1.29, 1.82) is 0 Å². The van der Waals surface area contributed by atoms with Crippen LogP contribution in [-0.4, -0.2) is 195 Å². The average Bonchev–Trinajstić information content (AvgIpc) is 1.62. The number of rotatable bonds is 54. The molecule has 0 aliphatic heterocycles. The lowest BCUT2D eigenvalue weighted by Gasteiger charge is -2.65. The molecule has 4 saturated carbocycles. The number of hydrogen-bond acceptors (Lipinski definition) is 20. The summed E-state index contributed by atoms with van der Waals surface area (Å²) in [4.78, 5) is 110. The van der Waals surface area contributed by atoms with Gasteiger partial charge in [-0.1, -0.05) is 187 Å². The number of carbonyl (C=O) groups is 9. The standard InChI is InChI=1S/C34H62O4.C27H47N3O6.2C14H30N2O.C12H26N2O/c1-20(2)35-19-24(9)27-12-13-28-32-29(18-31(34(27,28)11)38-23(7)8)33(10)15-14-26(36-21(3)4)16-25(33)17-30(32)37-22(5)6;1-15(2)22(31)12-10-20(26(35)17(5)6)29-24(33)14-11-21(27(36)18(7)8)30-23(32)13-9-19(28)25(34)16(3)4;2*1-10(2)14(17)13(16-12(5)6)8-7-9-15-11(3)4;1-9(2)12(15)11(14-10(3)4)7-6-8-13-5/h20-32H,12-19H2,1-11H3;15-21H,9-14,28H2,1-8H3,(H,29,33)(H,30,32);2*10-13,15-16H,7-9H2,1-6H3;9-11,13-14H,6-8H2,1-5H3/t24-,25?,26?,27?,28?,29?,30?,31?,32?,33?,34?;;13-;;11-/m1.0.0/s1. The second-order valence-electron chi connectivity index (χ2n) is 42.1. The number of nitrogens with two attached hydrogens (primary N) is 1. The van der Waals surface area contributed by atoms with Crippen molar-refractivity contribution in [2.75, 3.05) is 33.3 Å². The molecule has 22 heteroatoms. The second kappa shape index (κ2) is 61.0. The topological polar surface area (TPSA) is 313 Å².